The van der Waals surface area contributed by atoms with Crippen molar-refractivity contribution in [1.82, 2.24) is 9.97 Å². The highest BCUT2D eigenvalue weighted by Crippen LogP contribution is 2.31. The number of benzene rings is 1. The van der Waals surface area contributed by atoms with E-state index in [0.717, 1.165) is 19.3 Å². The Labute approximate surface area is 143 Å². The first kappa shape index (κ1) is 18.0. The van der Waals surface area contributed by atoms with Gasteiger partial charge in [-0.1, -0.05) is 31.5 Å². The molecule has 0 aliphatic heterocycles. The topological polar surface area (TPSA) is 78.8 Å². The number of nitrogens with one attached hydrogen (secondary N) is 1. The fourth-order valence-corrected chi connectivity index (χ4v) is 2.57. The Morgan fingerprint density at radius 1 is 1.42 bits per heavy atom. The van der Waals surface area contributed by atoms with Crippen molar-refractivity contribution in [2.24, 2.45) is 0 Å². The molecule has 0 atom stereocenters. The van der Waals surface area contributed by atoms with Gasteiger partial charge in [0.05, 0.1) is 6.61 Å². The fourth-order valence-electron chi connectivity index (χ4n) is 2.20. The lowest BCUT2D eigenvalue weighted by atomic mass is 10.1. The molecule has 5 nitrogen and oxygen atoms in total. The van der Waals surface area contributed by atoms with E-state index in [-0.39, 0.29) is 11.3 Å². The standard InChI is InChI=1S/C17H18FN3O2S/c1-3-4-5-8-23-14-7-6-11(18)9-12(14)15-13(10-19)16(22)21-17(20-15)24-2/h6-7,9H,3-5,8H2,1-2H3,(H,20,21,22). The van der Waals surface area contributed by atoms with Gasteiger partial charge >= 0.3 is 0 Å². The van der Waals surface area contributed by atoms with Crippen molar-refractivity contribution in [3.63, 3.8) is 0 Å². The Bertz CT molecular complexity index is 814. The summed E-state index contributed by atoms with van der Waals surface area (Å²) in [6.45, 7) is 2.57. The highest BCUT2D eigenvalue weighted by Gasteiger charge is 2.18. The Kier molecular flexibility index (Phi) is 6.38. The molecule has 2 rings (SSSR count). The van der Waals surface area contributed by atoms with E-state index in [1.165, 1.54) is 30.0 Å². The molecule has 0 aliphatic rings. The minimum Gasteiger partial charge on any atom is -0.493 e. The van der Waals surface area contributed by atoms with Crippen LogP contribution in [0.3, 0.4) is 0 Å². The van der Waals surface area contributed by atoms with Crippen LogP contribution in [-0.2, 0) is 0 Å². The molecule has 0 bridgehead atoms. The molecule has 24 heavy (non-hydrogen) atoms. The zero-order chi connectivity index (χ0) is 17.5. The van der Waals surface area contributed by atoms with Gasteiger partial charge in [-0.15, -0.1) is 0 Å². The number of thioether (sulfide) groups is 1. The average Bonchev–Trinajstić information content (AvgIpc) is 2.59. The number of aromatic amines is 1. The van der Waals surface area contributed by atoms with Crippen LogP contribution in [0.25, 0.3) is 11.3 Å². The molecule has 0 fully saturated rings. The highest BCUT2D eigenvalue weighted by atomic mass is 32.2. The van der Waals surface area contributed by atoms with Gasteiger partial charge in [-0.25, -0.2) is 9.37 Å². The second-order valence-corrected chi connectivity index (χ2v) is 5.90. The van der Waals surface area contributed by atoms with Crippen molar-refractivity contribution in [2.45, 2.75) is 31.3 Å². The van der Waals surface area contributed by atoms with Gasteiger partial charge in [0.15, 0.2) is 5.16 Å². The Morgan fingerprint density at radius 3 is 2.88 bits per heavy atom. The van der Waals surface area contributed by atoms with Crippen LogP contribution in [0.1, 0.15) is 31.7 Å². The quantitative estimate of drug-likeness (QED) is 0.469. The molecule has 0 saturated heterocycles. The number of rotatable bonds is 7. The van der Waals surface area contributed by atoms with E-state index in [2.05, 4.69) is 16.9 Å². The first-order chi connectivity index (χ1) is 11.6. The van der Waals surface area contributed by atoms with Crippen molar-refractivity contribution in [1.29, 1.82) is 5.26 Å². The maximum atomic E-state index is 13.7. The summed E-state index contributed by atoms with van der Waals surface area (Å²) >= 11 is 1.23. The summed E-state index contributed by atoms with van der Waals surface area (Å²) in [6, 6.07) is 5.87. The third-order valence-corrected chi connectivity index (χ3v) is 3.99. The number of hydrogen-bond donors (Lipinski definition) is 1. The summed E-state index contributed by atoms with van der Waals surface area (Å²) in [5.41, 5.74) is -0.259. The second-order valence-electron chi connectivity index (χ2n) is 5.11. The van der Waals surface area contributed by atoms with Gasteiger partial charge < -0.3 is 9.72 Å². The Morgan fingerprint density at radius 2 is 2.21 bits per heavy atom. The zero-order valence-corrected chi connectivity index (χ0v) is 14.4. The number of aromatic nitrogens is 2. The first-order valence-corrected chi connectivity index (χ1v) is 8.84. The number of ether oxygens (including phenoxy) is 1. The number of H-pyrrole nitrogens is 1. The molecule has 1 N–H and O–H groups in total. The van der Waals surface area contributed by atoms with Crippen molar-refractivity contribution < 1.29 is 9.13 Å². The van der Waals surface area contributed by atoms with Crippen molar-refractivity contribution in [3.8, 4) is 23.1 Å². The van der Waals surface area contributed by atoms with E-state index in [9.17, 15) is 14.4 Å². The molecule has 2 aromatic rings. The number of unbranched alkanes of at least 4 members (excludes halogenated alkanes) is 2. The van der Waals surface area contributed by atoms with Gasteiger partial charge in [-0.2, -0.15) is 5.26 Å². The molecule has 1 heterocycles. The van der Waals surface area contributed by atoms with Crippen LogP contribution in [0.5, 0.6) is 5.75 Å². The fraction of sp³-hybridized carbons (Fsp3) is 0.353. The smallest absolute Gasteiger partial charge is 0.270 e. The van der Waals surface area contributed by atoms with Gasteiger partial charge in [-0.05, 0) is 30.9 Å². The number of hydrogen-bond acceptors (Lipinski definition) is 5. The van der Waals surface area contributed by atoms with E-state index in [4.69, 9.17) is 4.74 Å². The lowest BCUT2D eigenvalue weighted by molar-refractivity contribution is 0.307. The summed E-state index contributed by atoms with van der Waals surface area (Å²) < 4.78 is 19.5. The maximum absolute atomic E-state index is 13.7. The molecule has 1 aromatic carbocycles. The lowest BCUT2D eigenvalue weighted by Gasteiger charge is -2.12. The third-order valence-electron chi connectivity index (χ3n) is 3.41. The first-order valence-electron chi connectivity index (χ1n) is 7.61. The van der Waals surface area contributed by atoms with Gasteiger partial charge in [0.1, 0.15) is 28.9 Å². The molecule has 0 spiro atoms. The Hall–Kier alpha value is -2.33. The van der Waals surface area contributed by atoms with E-state index in [1.807, 2.05) is 6.07 Å². The summed E-state index contributed by atoms with van der Waals surface area (Å²) in [7, 11) is 0. The van der Waals surface area contributed by atoms with Gasteiger partial charge in [0.25, 0.3) is 5.56 Å². The molecular formula is C17H18FN3O2S. The van der Waals surface area contributed by atoms with Crippen LogP contribution < -0.4 is 10.3 Å². The molecule has 0 unspecified atom stereocenters. The van der Waals surface area contributed by atoms with Crippen LogP contribution >= 0.6 is 11.8 Å². The zero-order valence-electron chi connectivity index (χ0n) is 13.6. The van der Waals surface area contributed by atoms with E-state index < -0.39 is 11.4 Å². The average molecular weight is 347 g/mol. The van der Waals surface area contributed by atoms with Crippen molar-refractivity contribution in [2.75, 3.05) is 12.9 Å². The second kappa shape index (κ2) is 8.50. The van der Waals surface area contributed by atoms with Crippen LogP contribution in [-0.4, -0.2) is 22.8 Å². The normalized spacial score (nSPS) is 10.4. The molecule has 126 valence electrons. The molecule has 0 saturated carbocycles. The predicted molar refractivity (Wildman–Crippen MR) is 91.8 cm³/mol. The van der Waals surface area contributed by atoms with Crippen LogP contribution in [0.4, 0.5) is 4.39 Å². The molecule has 0 aliphatic carbocycles. The number of nitriles is 1. The van der Waals surface area contributed by atoms with Crippen LogP contribution in [0, 0.1) is 17.1 Å². The number of nitrogens with zero attached hydrogens (tertiary/aromatic N) is 2. The van der Waals surface area contributed by atoms with Crippen LogP contribution in [0.2, 0.25) is 0 Å². The highest BCUT2D eigenvalue weighted by molar-refractivity contribution is 7.98. The Balaban J connectivity index is 2.51. The maximum Gasteiger partial charge on any atom is 0.270 e. The predicted octanol–water partition coefficient (Wildman–Crippen LogP) is 3.74. The van der Waals surface area contributed by atoms with E-state index in [1.54, 1.807) is 6.26 Å². The molecule has 0 amide bonds. The van der Waals surface area contributed by atoms with Crippen molar-refractivity contribution >= 4 is 11.8 Å². The summed E-state index contributed by atoms with van der Waals surface area (Å²) in [5, 5.41) is 9.64. The summed E-state index contributed by atoms with van der Waals surface area (Å²) in [5.74, 6) is -0.0725. The molecular weight excluding hydrogens is 329 g/mol. The van der Waals surface area contributed by atoms with Gasteiger partial charge in [0.2, 0.25) is 0 Å². The molecule has 7 heteroatoms. The van der Waals surface area contributed by atoms with Gasteiger partial charge in [0, 0.05) is 5.56 Å². The minimum absolute atomic E-state index is 0.135. The monoisotopic (exact) mass is 347 g/mol. The lowest BCUT2D eigenvalue weighted by Crippen LogP contribution is -2.15. The molecule has 1 aromatic heterocycles. The minimum atomic E-state index is -0.548. The van der Waals surface area contributed by atoms with Gasteiger partial charge in [-0.3, -0.25) is 4.79 Å². The SMILES string of the molecule is CCCCCOc1ccc(F)cc1-c1nc(SC)[nH]c(=O)c1C#N. The van der Waals surface area contributed by atoms with E-state index in [0.29, 0.717) is 23.1 Å². The number of halogens is 1. The third kappa shape index (κ3) is 4.15. The summed E-state index contributed by atoms with van der Waals surface area (Å²) in [6.07, 6.45) is 4.71. The van der Waals surface area contributed by atoms with Crippen molar-refractivity contribution in [3.05, 3.63) is 39.9 Å². The van der Waals surface area contributed by atoms with E-state index >= 15 is 0 Å². The van der Waals surface area contributed by atoms with Crippen LogP contribution in [0.15, 0.2) is 28.2 Å². The largest absolute Gasteiger partial charge is 0.493 e. The molecule has 0 radical (unpaired) electrons. The summed E-state index contributed by atoms with van der Waals surface area (Å²) in [4.78, 5) is 18.9.